The fraction of sp³-hybridized carbons (Fsp3) is 0.0323. The van der Waals surface area contributed by atoms with Crippen LogP contribution in [0.25, 0.3) is 55.3 Å². The van der Waals surface area contributed by atoms with Crippen LogP contribution in [0.3, 0.4) is 0 Å². The molecule has 0 saturated heterocycles. The number of hydrogen-bond donors (Lipinski definition) is 0. The summed E-state index contributed by atoms with van der Waals surface area (Å²) in [7, 11) is 0. The number of furan rings is 1. The van der Waals surface area contributed by atoms with E-state index in [4.69, 9.17) is 4.42 Å². The molecule has 65 heavy (non-hydrogen) atoms. The smallest absolute Gasteiger partial charge is 0.139 e. The molecule has 0 bridgehead atoms. The van der Waals surface area contributed by atoms with E-state index in [1.807, 2.05) is 0 Å². The van der Waals surface area contributed by atoms with Crippen LogP contribution >= 0.6 is 0 Å². The van der Waals surface area contributed by atoms with Gasteiger partial charge in [-0.2, -0.15) is 0 Å². The van der Waals surface area contributed by atoms with E-state index in [0.29, 0.717) is 0 Å². The van der Waals surface area contributed by atoms with Crippen molar-refractivity contribution in [3.05, 3.63) is 265 Å². The molecule has 1 aromatic heterocycles. The maximum absolute atomic E-state index is 7.07. The number of benzene rings is 10. The second-order valence-electron chi connectivity index (χ2n) is 16.8. The first-order valence-corrected chi connectivity index (χ1v) is 22.4. The van der Waals surface area contributed by atoms with Crippen molar-refractivity contribution in [2.24, 2.45) is 0 Å². The summed E-state index contributed by atoms with van der Waals surface area (Å²) in [4.78, 5) is 4.76. The van der Waals surface area contributed by atoms with Crippen LogP contribution < -0.4 is 9.80 Å². The average Bonchev–Trinajstić information content (AvgIpc) is 3.78. The van der Waals surface area contributed by atoms with Gasteiger partial charge in [-0.25, -0.2) is 0 Å². The first kappa shape index (κ1) is 38.3. The Kier molecular flexibility index (Phi) is 9.65. The number of nitrogens with zero attached hydrogens (tertiary/aromatic N) is 2. The van der Waals surface area contributed by atoms with E-state index in [-0.39, 0.29) is 5.92 Å². The van der Waals surface area contributed by atoms with Gasteiger partial charge in [0.15, 0.2) is 0 Å². The predicted octanol–water partition coefficient (Wildman–Crippen LogP) is 17.2. The Labute approximate surface area is 379 Å². The SMILES string of the molecule is c1ccc(-c2ccc(N(c3ccccc3)c3cc(-c4cc5c(c6oc7ccccc7c46)CC(c4ccccc4)c4ccccc4-5)cc(N(c4ccccc4)c4ccccc4)c3)cc2)cc1. The normalized spacial score (nSPS) is 13.0. The highest BCUT2D eigenvalue weighted by atomic mass is 16.3. The summed E-state index contributed by atoms with van der Waals surface area (Å²) in [5.74, 6) is 0.204. The molecular formula is C62H44N2O. The van der Waals surface area contributed by atoms with Crippen molar-refractivity contribution in [2.75, 3.05) is 9.80 Å². The standard InChI is InChI=1S/C62H44N2O/c1-6-20-43(21-7-1)44-34-36-50(37-35-44)64(49-28-14-5-15-29-49)52-39-46(38-51(40-52)63(47-24-10-3-11-25-47)48-26-12-4-13-27-48)57-42-58-54-31-17-16-30-53(54)56(45-22-8-2-9-23-45)41-59(58)62-61(57)55-32-18-19-33-60(55)65-62/h1-40,42,56H,41H2. The van der Waals surface area contributed by atoms with Gasteiger partial charge in [0.05, 0.1) is 0 Å². The van der Waals surface area contributed by atoms with Crippen molar-refractivity contribution in [2.45, 2.75) is 12.3 Å². The number of para-hydroxylation sites is 4. The highest BCUT2D eigenvalue weighted by Gasteiger charge is 2.31. The Hall–Kier alpha value is -8.40. The third kappa shape index (κ3) is 6.95. The van der Waals surface area contributed by atoms with Gasteiger partial charge in [-0.3, -0.25) is 0 Å². The topological polar surface area (TPSA) is 19.6 Å². The zero-order valence-electron chi connectivity index (χ0n) is 35.8. The zero-order valence-corrected chi connectivity index (χ0v) is 35.8. The average molecular weight is 833 g/mol. The maximum Gasteiger partial charge on any atom is 0.139 e. The lowest BCUT2D eigenvalue weighted by atomic mass is 9.74. The monoisotopic (exact) mass is 832 g/mol. The molecule has 0 spiro atoms. The van der Waals surface area contributed by atoms with Gasteiger partial charge in [-0.05, 0) is 130 Å². The van der Waals surface area contributed by atoms with Gasteiger partial charge in [0, 0.05) is 56.4 Å². The van der Waals surface area contributed by atoms with E-state index in [1.165, 1.54) is 38.9 Å². The molecule has 0 amide bonds. The Morgan fingerprint density at radius 1 is 0.354 bits per heavy atom. The van der Waals surface area contributed by atoms with E-state index < -0.39 is 0 Å². The molecule has 1 unspecified atom stereocenters. The van der Waals surface area contributed by atoms with Gasteiger partial charge in [0.25, 0.3) is 0 Å². The molecule has 10 aromatic carbocycles. The van der Waals surface area contributed by atoms with E-state index in [0.717, 1.165) is 73.6 Å². The highest BCUT2D eigenvalue weighted by Crippen LogP contribution is 2.51. The summed E-state index contributed by atoms with van der Waals surface area (Å²) in [5, 5.41) is 2.25. The van der Waals surface area contributed by atoms with Crippen LogP contribution in [-0.2, 0) is 6.42 Å². The molecule has 0 radical (unpaired) electrons. The second-order valence-corrected chi connectivity index (χ2v) is 16.8. The van der Waals surface area contributed by atoms with Crippen LogP contribution in [0.5, 0.6) is 0 Å². The third-order valence-corrected chi connectivity index (χ3v) is 13.0. The Morgan fingerprint density at radius 2 is 0.846 bits per heavy atom. The molecule has 1 heterocycles. The highest BCUT2D eigenvalue weighted by molar-refractivity contribution is 6.16. The van der Waals surface area contributed by atoms with Crippen LogP contribution in [0.4, 0.5) is 34.1 Å². The number of rotatable bonds is 9. The lowest BCUT2D eigenvalue weighted by Gasteiger charge is -2.31. The molecule has 11 aromatic rings. The molecule has 308 valence electrons. The van der Waals surface area contributed by atoms with E-state index >= 15 is 0 Å². The largest absolute Gasteiger partial charge is 0.456 e. The van der Waals surface area contributed by atoms with E-state index in [1.54, 1.807) is 0 Å². The molecule has 3 nitrogen and oxygen atoms in total. The van der Waals surface area contributed by atoms with Crippen LogP contribution in [0.1, 0.15) is 22.6 Å². The molecule has 0 saturated carbocycles. The molecule has 1 atom stereocenters. The third-order valence-electron chi connectivity index (χ3n) is 13.0. The Morgan fingerprint density at radius 3 is 1.46 bits per heavy atom. The first-order chi connectivity index (χ1) is 32.2. The number of anilines is 6. The van der Waals surface area contributed by atoms with Gasteiger partial charge < -0.3 is 14.2 Å². The van der Waals surface area contributed by atoms with Crippen molar-refractivity contribution in [1.29, 1.82) is 0 Å². The minimum Gasteiger partial charge on any atom is -0.456 e. The van der Waals surface area contributed by atoms with Crippen molar-refractivity contribution in [3.8, 4) is 33.4 Å². The summed E-state index contributed by atoms with van der Waals surface area (Å²) in [6.45, 7) is 0. The molecular weight excluding hydrogens is 789 g/mol. The van der Waals surface area contributed by atoms with Gasteiger partial charge >= 0.3 is 0 Å². The fourth-order valence-corrected chi connectivity index (χ4v) is 10.0. The van der Waals surface area contributed by atoms with Gasteiger partial charge in [-0.15, -0.1) is 0 Å². The van der Waals surface area contributed by atoms with Gasteiger partial charge in [0.2, 0.25) is 0 Å². The minimum absolute atomic E-state index is 0.204. The molecule has 12 rings (SSSR count). The zero-order chi connectivity index (χ0) is 43.1. The quantitative estimate of drug-likeness (QED) is 0.144. The summed E-state index contributed by atoms with van der Waals surface area (Å²) in [6, 6.07) is 89.7. The summed E-state index contributed by atoms with van der Waals surface area (Å²) < 4.78 is 7.07. The van der Waals surface area contributed by atoms with Crippen molar-refractivity contribution in [1.82, 2.24) is 0 Å². The predicted molar refractivity (Wildman–Crippen MR) is 271 cm³/mol. The number of fused-ring (bicyclic) bond motifs is 7. The van der Waals surface area contributed by atoms with Crippen LogP contribution in [0.2, 0.25) is 0 Å². The van der Waals surface area contributed by atoms with Crippen LogP contribution in [0, 0.1) is 0 Å². The molecule has 0 N–H and O–H groups in total. The van der Waals surface area contributed by atoms with Gasteiger partial charge in [0.1, 0.15) is 11.2 Å². The first-order valence-electron chi connectivity index (χ1n) is 22.4. The maximum atomic E-state index is 7.07. The molecule has 1 aliphatic rings. The number of hydrogen-bond acceptors (Lipinski definition) is 3. The lowest BCUT2D eigenvalue weighted by molar-refractivity contribution is 0.657. The molecule has 1 aliphatic carbocycles. The molecule has 0 fully saturated rings. The summed E-state index contributed by atoms with van der Waals surface area (Å²) in [6.07, 6.45) is 0.842. The van der Waals surface area contributed by atoms with E-state index in [2.05, 4.69) is 259 Å². The summed E-state index contributed by atoms with van der Waals surface area (Å²) in [5.41, 5.74) is 19.2. The molecule has 3 heteroatoms. The Bertz CT molecular complexity index is 3400. The van der Waals surface area contributed by atoms with Crippen molar-refractivity contribution < 1.29 is 4.42 Å². The minimum atomic E-state index is 0.204. The van der Waals surface area contributed by atoms with Gasteiger partial charge in [-0.1, -0.05) is 170 Å². The van der Waals surface area contributed by atoms with Crippen molar-refractivity contribution in [3.63, 3.8) is 0 Å². The van der Waals surface area contributed by atoms with Crippen LogP contribution in [0.15, 0.2) is 253 Å². The Balaban J connectivity index is 1.14. The summed E-state index contributed by atoms with van der Waals surface area (Å²) >= 11 is 0. The fourth-order valence-electron chi connectivity index (χ4n) is 10.0. The van der Waals surface area contributed by atoms with E-state index in [9.17, 15) is 0 Å². The lowest BCUT2D eigenvalue weighted by Crippen LogP contribution is -2.14. The van der Waals surface area contributed by atoms with Crippen molar-refractivity contribution >= 4 is 56.1 Å². The second kappa shape index (κ2) is 16.4. The molecule has 0 aliphatic heterocycles. The van der Waals surface area contributed by atoms with Crippen LogP contribution in [-0.4, -0.2) is 0 Å².